The Bertz CT molecular complexity index is 1060. The van der Waals surface area contributed by atoms with E-state index in [1.165, 1.54) is 49.5 Å². The van der Waals surface area contributed by atoms with Crippen molar-refractivity contribution in [3.8, 4) is 0 Å². The first-order valence-corrected chi connectivity index (χ1v) is 13.0. The van der Waals surface area contributed by atoms with Gasteiger partial charge in [0.15, 0.2) is 5.65 Å². The average molecular weight is 442 g/mol. The zero-order valence-corrected chi connectivity index (χ0v) is 19.8. The third-order valence-electron chi connectivity index (χ3n) is 8.78. The van der Waals surface area contributed by atoms with E-state index in [4.69, 9.17) is 4.98 Å². The SMILES string of the molecule is CCCn1c(=O)c2[nH]c(C34CCC(CNC5CCCC5)(CC3)CC4)nc2n(CCC)c1=O. The molecule has 4 aliphatic rings. The standard InChI is InChI=1S/C25H39N5O2/c1-3-15-29-20-19(21(31)30(16-4-2)23(29)32)27-22(28-20)25-12-9-24(10-13-25,11-14-25)17-26-18-7-5-6-8-18/h18,26H,3-17H2,1-2H3,(H,27,28). The molecule has 0 spiro atoms. The van der Waals surface area contributed by atoms with E-state index < -0.39 is 0 Å². The number of nitrogens with zero attached hydrogens (tertiary/aromatic N) is 3. The largest absolute Gasteiger partial charge is 0.336 e. The second-order valence-corrected chi connectivity index (χ2v) is 10.8. The molecule has 2 aromatic heterocycles. The Morgan fingerprint density at radius 2 is 1.59 bits per heavy atom. The zero-order valence-electron chi connectivity index (χ0n) is 19.8. The molecule has 0 saturated heterocycles. The molecule has 6 rings (SSSR count). The lowest BCUT2D eigenvalue weighted by Gasteiger charge is -2.53. The van der Waals surface area contributed by atoms with Gasteiger partial charge in [0.05, 0.1) is 0 Å². The Morgan fingerprint density at radius 1 is 0.969 bits per heavy atom. The van der Waals surface area contributed by atoms with Crippen LogP contribution < -0.4 is 16.6 Å². The number of aryl methyl sites for hydroxylation is 1. The Morgan fingerprint density at radius 3 is 2.22 bits per heavy atom. The van der Waals surface area contributed by atoms with Crippen LogP contribution in [0.4, 0.5) is 0 Å². The lowest BCUT2D eigenvalue weighted by molar-refractivity contribution is 0.0340. The van der Waals surface area contributed by atoms with E-state index in [2.05, 4.69) is 17.2 Å². The number of aromatic nitrogens is 4. The van der Waals surface area contributed by atoms with Gasteiger partial charge in [-0.05, 0) is 69.6 Å². The molecule has 4 saturated carbocycles. The molecule has 0 aliphatic heterocycles. The zero-order chi connectivity index (χ0) is 22.3. The molecule has 4 fully saturated rings. The maximum atomic E-state index is 13.1. The van der Waals surface area contributed by atoms with Crippen molar-refractivity contribution < 1.29 is 0 Å². The highest BCUT2D eigenvalue weighted by molar-refractivity contribution is 5.70. The van der Waals surface area contributed by atoms with Gasteiger partial charge in [0.1, 0.15) is 11.3 Å². The first-order valence-electron chi connectivity index (χ1n) is 13.0. The summed E-state index contributed by atoms with van der Waals surface area (Å²) in [6.07, 6.45) is 14.1. The Hall–Kier alpha value is -1.89. The smallest absolute Gasteiger partial charge is 0.332 e. The highest BCUT2D eigenvalue weighted by Gasteiger charge is 2.50. The summed E-state index contributed by atoms with van der Waals surface area (Å²) in [6, 6.07) is 0.731. The van der Waals surface area contributed by atoms with E-state index in [0.717, 1.165) is 50.5 Å². The summed E-state index contributed by atoms with van der Waals surface area (Å²) in [4.78, 5) is 34.5. The summed E-state index contributed by atoms with van der Waals surface area (Å²) >= 11 is 0. The van der Waals surface area contributed by atoms with Crippen molar-refractivity contribution in [2.24, 2.45) is 5.41 Å². The molecule has 2 aromatic rings. The van der Waals surface area contributed by atoms with Crippen LogP contribution in [-0.4, -0.2) is 31.7 Å². The molecule has 176 valence electrons. The van der Waals surface area contributed by atoms with E-state index in [1.807, 2.05) is 6.92 Å². The first kappa shape index (κ1) is 21.9. The lowest BCUT2D eigenvalue weighted by atomic mass is 9.53. The van der Waals surface area contributed by atoms with E-state index in [-0.39, 0.29) is 16.7 Å². The van der Waals surface area contributed by atoms with Gasteiger partial charge in [-0.15, -0.1) is 0 Å². The fourth-order valence-electron chi connectivity index (χ4n) is 6.64. The molecule has 0 atom stereocenters. The summed E-state index contributed by atoms with van der Waals surface area (Å²) in [5.41, 5.74) is 1.12. The second-order valence-electron chi connectivity index (χ2n) is 10.8. The maximum Gasteiger partial charge on any atom is 0.332 e. The van der Waals surface area contributed by atoms with Crippen LogP contribution >= 0.6 is 0 Å². The topological polar surface area (TPSA) is 84.7 Å². The number of rotatable bonds is 8. The second kappa shape index (κ2) is 8.47. The summed E-state index contributed by atoms with van der Waals surface area (Å²) in [7, 11) is 0. The van der Waals surface area contributed by atoms with E-state index in [9.17, 15) is 9.59 Å². The molecule has 4 aliphatic carbocycles. The summed E-state index contributed by atoms with van der Waals surface area (Å²) < 4.78 is 3.10. The highest BCUT2D eigenvalue weighted by atomic mass is 16.2. The summed E-state index contributed by atoms with van der Waals surface area (Å²) in [5.74, 6) is 0.945. The van der Waals surface area contributed by atoms with Gasteiger partial charge < -0.3 is 10.3 Å². The maximum absolute atomic E-state index is 13.1. The minimum atomic E-state index is -0.217. The minimum absolute atomic E-state index is 0.0310. The van der Waals surface area contributed by atoms with Crippen molar-refractivity contribution in [1.82, 2.24) is 24.4 Å². The molecule has 2 heterocycles. The predicted molar refractivity (Wildman–Crippen MR) is 127 cm³/mol. The molecule has 0 amide bonds. The van der Waals surface area contributed by atoms with Gasteiger partial charge in [-0.3, -0.25) is 13.9 Å². The number of aromatic amines is 1. The van der Waals surface area contributed by atoms with Crippen LogP contribution in [0.15, 0.2) is 9.59 Å². The summed E-state index contributed by atoms with van der Waals surface area (Å²) in [5, 5.41) is 3.89. The van der Waals surface area contributed by atoms with Crippen LogP contribution in [0, 0.1) is 5.41 Å². The molecule has 7 heteroatoms. The van der Waals surface area contributed by atoms with Gasteiger partial charge in [-0.25, -0.2) is 9.78 Å². The van der Waals surface area contributed by atoms with E-state index >= 15 is 0 Å². The van der Waals surface area contributed by atoms with Gasteiger partial charge in [0.2, 0.25) is 0 Å². The van der Waals surface area contributed by atoms with Crippen molar-refractivity contribution in [2.75, 3.05) is 6.54 Å². The van der Waals surface area contributed by atoms with Crippen LogP contribution in [0.25, 0.3) is 11.2 Å². The van der Waals surface area contributed by atoms with Crippen molar-refractivity contribution in [3.63, 3.8) is 0 Å². The molecule has 0 aromatic carbocycles. The minimum Gasteiger partial charge on any atom is -0.336 e. The number of H-pyrrole nitrogens is 1. The van der Waals surface area contributed by atoms with Crippen LogP contribution in [0.2, 0.25) is 0 Å². The quantitative estimate of drug-likeness (QED) is 0.652. The molecule has 2 N–H and O–H groups in total. The number of fused-ring (bicyclic) bond motifs is 4. The van der Waals surface area contributed by atoms with Crippen molar-refractivity contribution >= 4 is 11.2 Å². The molecule has 0 radical (unpaired) electrons. The Kier molecular flexibility index (Phi) is 5.81. The van der Waals surface area contributed by atoms with Gasteiger partial charge in [-0.2, -0.15) is 0 Å². The van der Waals surface area contributed by atoms with Crippen LogP contribution in [-0.2, 0) is 18.5 Å². The van der Waals surface area contributed by atoms with Gasteiger partial charge in [0.25, 0.3) is 5.56 Å². The fraction of sp³-hybridized carbons (Fsp3) is 0.800. The van der Waals surface area contributed by atoms with Crippen molar-refractivity contribution in [2.45, 2.75) is 115 Å². The number of imidazole rings is 1. The average Bonchev–Trinajstić information content (AvgIpc) is 3.50. The lowest BCUT2D eigenvalue weighted by Crippen LogP contribution is -2.50. The number of nitrogens with one attached hydrogen (secondary N) is 2. The molecular weight excluding hydrogens is 402 g/mol. The molecule has 2 bridgehead atoms. The van der Waals surface area contributed by atoms with E-state index in [0.29, 0.717) is 29.7 Å². The monoisotopic (exact) mass is 441 g/mol. The summed E-state index contributed by atoms with van der Waals surface area (Å²) in [6.45, 7) is 6.25. The molecule has 32 heavy (non-hydrogen) atoms. The normalized spacial score (nSPS) is 28.2. The third-order valence-corrected chi connectivity index (χ3v) is 8.78. The van der Waals surface area contributed by atoms with Crippen LogP contribution in [0.5, 0.6) is 0 Å². The van der Waals surface area contributed by atoms with Gasteiger partial charge in [-0.1, -0.05) is 26.7 Å². The molecular formula is C25H39N5O2. The van der Waals surface area contributed by atoms with Crippen LogP contribution in [0.1, 0.15) is 96.7 Å². The fourth-order valence-corrected chi connectivity index (χ4v) is 6.64. The first-order chi connectivity index (χ1) is 15.5. The van der Waals surface area contributed by atoms with Crippen molar-refractivity contribution in [1.29, 1.82) is 0 Å². The van der Waals surface area contributed by atoms with Crippen LogP contribution in [0.3, 0.4) is 0 Å². The molecule has 0 unspecified atom stereocenters. The third kappa shape index (κ3) is 3.57. The number of hydrogen-bond acceptors (Lipinski definition) is 4. The Balaban J connectivity index is 1.43. The number of hydrogen-bond donors (Lipinski definition) is 2. The molecule has 7 nitrogen and oxygen atoms in total. The van der Waals surface area contributed by atoms with Crippen molar-refractivity contribution in [3.05, 3.63) is 26.7 Å². The highest BCUT2D eigenvalue weighted by Crippen LogP contribution is 2.57. The van der Waals surface area contributed by atoms with Gasteiger partial charge >= 0.3 is 5.69 Å². The van der Waals surface area contributed by atoms with E-state index in [1.54, 1.807) is 4.57 Å². The Labute approximate surface area is 190 Å². The predicted octanol–water partition coefficient (Wildman–Crippen LogP) is 3.83. The van der Waals surface area contributed by atoms with Gasteiger partial charge in [0, 0.05) is 31.1 Å².